The Balaban J connectivity index is 1.35. The van der Waals surface area contributed by atoms with Crippen molar-refractivity contribution in [3.8, 4) is 0 Å². The maximum atomic E-state index is 12.7. The fourth-order valence-corrected chi connectivity index (χ4v) is 4.31. The highest BCUT2D eigenvalue weighted by atomic mass is 16.1. The van der Waals surface area contributed by atoms with Crippen LogP contribution in [0.5, 0.6) is 0 Å². The molecule has 0 aliphatic carbocycles. The Labute approximate surface area is 167 Å². The Kier molecular flexibility index (Phi) is 4.30. The van der Waals surface area contributed by atoms with Gasteiger partial charge in [0.2, 0.25) is 0 Å². The second-order valence-corrected chi connectivity index (χ2v) is 7.63. The Morgan fingerprint density at radius 3 is 2.72 bits per heavy atom. The molecule has 9 heteroatoms. The van der Waals surface area contributed by atoms with E-state index in [1.807, 2.05) is 27.6 Å². The largest absolute Gasteiger partial charge is 0.355 e. The molecule has 0 spiro atoms. The van der Waals surface area contributed by atoms with Crippen molar-refractivity contribution in [3.05, 3.63) is 41.5 Å². The molecule has 0 atom stereocenters. The molecule has 0 unspecified atom stereocenters. The molecule has 1 aliphatic heterocycles. The Morgan fingerprint density at radius 2 is 1.93 bits per heavy atom. The van der Waals surface area contributed by atoms with E-state index in [-0.39, 0.29) is 5.69 Å². The molecular weight excluding hydrogens is 368 g/mol. The van der Waals surface area contributed by atoms with Gasteiger partial charge in [0.1, 0.15) is 6.33 Å². The zero-order chi connectivity index (χ0) is 20.0. The summed E-state index contributed by atoms with van der Waals surface area (Å²) in [5, 5.41) is 0. The van der Waals surface area contributed by atoms with Crippen LogP contribution in [0.3, 0.4) is 0 Å². The molecule has 150 valence electrons. The van der Waals surface area contributed by atoms with E-state index >= 15 is 0 Å². The van der Waals surface area contributed by atoms with Gasteiger partial charge in [-0.2, -0.15) is 0 Å². The standard InChI is InChI=1S/C20H24N8O/c1-3-26-13-24-16-18(26)22-12-23-19(16)27-9-6-14(7-10-27)11-28-17-15(5-4-8-21-17)25(2)20(28)29/h4-5,8,12-14H,3,6-7,9-11H2,1-2H3. The van der Waals surface area contributed by atoms with Gasteiger partial charge in [-0.1, -0.05) is 0 Å². The fraction of sp³-hybridized carbons (Fsp3) is 0.450. The molecule has 0 bridgehead atoms. The Hall–Kier alpha value is -3.23. The van der Waals surface area contributed by atoms with Crippen molar-refractivity contribution in [2.75, 3.05) is 18.0 Å². The summed E-state index contributed by atoms with van der Waals surface area (Å²) in [4.78, 5) is 32.9. The van der Waals surface area contributed by atoms with E-state index in [2.05, 4.69) is 31.8 Å². The molecule has 1 saturated heterocycles. The summed E-state index contributed by atoms with van der Waals surface area (Å²) in [7, 11) is 1.81. The van der Waals surface area contributed by atoms with Gasteiger partial charge >= 0.3 is 5.69 Å². The number of hydrogen-bond acceptors (Lipinski definition) is 6. The van der Waals surface area contributed by atoms with Crippen LogP contribution < -0.4 is 10.6 Å². The quantitative estimate of drug-likeness (QED) is 0.526. The average Bonchev–Trinajstić information content (AvgIpc) is 3.29. The van der Waals surface area contributed by atoms with Gasteiger partial charge < -0.3 is 9.47 Å². The van der Waals surface area contributed by atoms with E-state index in [0.29, 0.717) is 12.5 Å². The SMILES string of the molecule is CCn1cnc2c(N3CCC(Cn4c(=O)n(C)c5cccnc54)CC3)ncnc21. The summed E-state index contributed by atoms with van der Waals surface area (Å²) in [6.07, 6.45) is 7.19. The minimum Gasteiger partial charge on any atom is -0.355 e. The number of pyridine rings is 1. The highest BCUT2D eigenvalue weighted by molar-refractivity contribution is 5.83. The van der Waals surface area contributed by atoms with Gasteiger partial charge in [-0.15, -0.1) is 0 Å². The molecule has 1 aliphatic rings. The van der Waals surface area contributed by atoms with Crippen LogP contribution in [0, 0.1) is 5.92 Å². The van der Waals surface area contributed by atoms with Crippen LogP contribution in [0.2, 0.25) is 0 Å². The van der Waals surface area contributed by atoms with Gasteiger partial charge in [0, 0.05) is 39.4 Å². The van der Waals surface area contributed by atoms with Crippen molar-refractivity contribution in [2.45, 2.75) is 32.9 Å². The van der Waals surface area contributed by atoms with Crippen LogP contribution >= 0.6 is 0 Å². The summed E-state index contributed by atoms with van der Waals surface area (Å²) in [5.74, 6) is 1.34. The van der Waals surface area contributed by atoms with Crippen molar-refractivity contribution in [2.24, 2.45) is 13.0 Å². The lowest BCUT2D eigenvalue weighted by atomic mass is 9.96. The first-order valence-corrected chi connectivity index (χ1v) is 10.1. The average molecular weight is 392 g/mol. The summed E-state index contributed by atoms with van der Waals surface area (Å²) in [6, 6.07) is 3.81. The van der Waals surface area contributed by atoms with Crippen LogP contribution in [0.1, 0.15) is 19.8 Å². The topological polar surface area (TPSA) is 86.7 Å². The molecule has 0 radical (unpaired) electrons. The second kappa shape index (κ2) is 6.98. The van der Waals surface area contributed by atoms with Crippen molar-refractivity contribution in [3.63, 3.8) is 0 Å². The Morgan fingerprint density at radius 1 is 1.10 bits per heavy atom. The van der Waals surface area contributed by atoms with Gasteiger partial charge in [-0.05, 0) is 37.8 Å². The van der Waals surface area contributed by atoms with Crippen LogP contribution in [-0.2, 0) is 20.1 Å². The molecule has 4 aromatic heterocycles. The molecule has 0 saturated carbocycles. The van der Waals surface area contributed by atoms with Gasteiger partial charge in [0.15, 0.2) is 22.6 Å². The molecule has 0 aromatic carbocycles. The van der Waals surface area contributed by atoms with Gasteiger partial charge in [-0.3, -0.25) is 9.13 Å². The first-order valence-electron chi connectivity index (χ1n) is 10.1. The molecule has 0 amide bonds. The van der Waals surface area contributed by atoms with E-state index in [0.717, 1.165) is 60.6 Å². The first kappa shape index (κ1) is 17.8. The fourth-order valence-electron chi connectivity index (χ4n) is 4.31. The second-order valence-electron chi connectivity index (χ2n) is 7.63. The highest BCUT2D eigenvalue weighted by Crippen LogP contribution is 2.27. The maximum absolute atomic E-state index is 12.7. The number of aromatic nitrogens is 7. The highest BCUT2D eigenvalue weighted by Gasteiger charge is 2.24. The number of imidazole rings is 2. The van der Waals surface area contributed by atoms with Gasteiger partial charge in [0.25, 0.3) is 0 Å². The third kappa shape index (κ3) is 2.88. The third-order valence-electron chi connectivity index (χ3n) is 5.98. The number of aryl methyl sites for hydroxylation is 2. The first-order chi connectivity index (χ1) is 14.2. The lowest BCUT2D eigenvalue weighted by Crippen LogP contribution is -2.37. The number of fused-ring (bicyclic) bond motifs is 2. The molecular formula is C20H24N8O. The molecule has 29 heavy (non-hydrogen) atoms. The van der Waals surface area contributed by atoms with E-state index < -0.39 is 0 Å². The van der Waals surface area contributed by atoms with Crippen LogP contribution in [0.15, 0.2) is 35.8 Å². The molecule has 5 heterocycles. The van der Waals surface area contributed by atoms with E-state index in [1.54, 1.807) is 24.1 Å². The zero-order valence-electron chi connectivity index (χ0n) is 16.7. The van der Waals surface area contributed by atoms with Crippen LogP contribution in [0.25, 0.3) is 22.3 Å². The number of anilines is 1. The number of hydrogen-bond donors (Lipinski definition) is 0. The Bertz CT molecular complexity index is 1230. The monoisotopic (exact) mass is 392 g/mol. The smallest absolute Gasteiger partial charge is 0.330 e. The van der Waals surface area contributed by atoms with Crippen molar-refractivity contribution in [1.82, 2.24) is 33.6 Å². The molecule has 4 aromatic rings. The minimum atomic E-state index is 0.00347. The number of rotatable bonds is 4. The molecule has 9 nitrogen and oxygen atoms in total. The van der Waals surface area contributed by atoms with E-state index in [1.165, 1.54) is 0 Å². The number of nitrogens with zero attached hydrogens (tertiary/aromatic N) is 8. The molecule has 5 rings (SSSR count). The normalized spacial score (nSPS) is 15.6. The van der Waals surface area contributed by atoms with Gasteiger partial charge in [-0.25, -0.2) is 24.7 Å². The molecule has 1 fully saturated rings. The maximum Gasteiger partial charge on any atom is 0.330 e. The number of piperidine rings is 1. The van der Waals surface area contributed by atoms with Crippen molar-refractivity contribution >= 4 is 28.1 Å². The summed E-state index contributed by atoms with van der Waals surface area (Å²) in [6.45, 7) is 5.40. The summed E-state index contributed by atoms with van der Waals surface area (Å²) >= 11 is 0. The van der Waals surface area contributed by atoms with Crippen LogP contribution in [-0.4, -0.2) is 46.7 Å². The van der Waals surface area contributed by atoms with Crippen LogP contribution in [0.4, 0.5) is 5.82 Å². The van der Waals surface area contributed by atoms with E-state index in [9.17, 15) is 4.79 Å². The molecule has 0 N–H and O–H groups in total. The third-order valence-corrected chi connectivity index (χ3v) is 5.98. The van der Waals surface area contributed by atoms with Crippen molar-refractivity contribution in [1.29, 1.82) is 0 Å². The van der Waals surface area contributed by atoms with Crippen molar-refractivity contribution < 1.29 is 0 Å². The minimum absolute atomic E-state index is 0.00347. The predicted molar refractivity (Wildman–Crippen MR) is 111 cm³/mol. The summed E-state index contributed by atoms with van der Waals surface area (Å²) < 4.78 is 5.54. The lowest BCUT2D eigenvalue weighted by molar-refractivity contribution is 0.354. The zero-order valence-corrected chi connectivity index (χ0v) is 16.7. The lowest BCUT2D eigenvalue weighted by Gasteiger charge is -2.32. The van der Waals surface area contributed by atoms with E-state index in [4.69, 9.17) is 0 Å². The van der Waals surface area contributed by atoms with Gasteiger partial charge in [0.05, 0.1) is 11.8 Å². The predicted octanol–water partition coefficient (Wildman–Crippen LogP) is 1.81. The summed E-state index contributed by atoms with van der Waals surface area (Å²) in [5.41, 5.74) is 3.40.